The molecule has 0 heterocycles. The molecule has 5 heteroatoms. The molecule has 3 N–H and O–H groups in total. The van der Waals surface area contributed by atoms with Gasteiger partial charge < -0.3 is 20.5 Å². The summed E-state index contributed by atoms with van der Waals surface area (Å²) in [4.78, 5) is 12.1. The van der Waals surface area contributed by atoms with Crippen LogP contribution in [0.2, 0.25) is 0 Å². The predicted molar refractivity (Wildman–Crippen MR) is 82.6 cm³/mol. The molecule has 0 saturated carbocycles. The number of nitrogens with two attached hydrogens (primary N) is 1. The molecule has 110 valence electrons. The third-order valence-corrected chi connectivity index (χ3v) is 2.88. The minimum absolute atomic E-state index is 0.247. The summed E-state index contributed by atoms with van der Waals surface area (Å²) in [6.45, 7) is 1.68. The molecule has 1 atom stereocenters. The van der Waals surface area contributed by atoms with Gasteiger partial charge in [0.25, 0.3) is 5.91 Å². The monoisotopic (exact) mass is 286 g/mol. The summed E-state index contributed by atoms with van der Waals surface area (Å²) < 4.78 is 10.7. The topological polar surface area (TPSA) is 73.6 Å². The van der Waals surface area contributed by atoms with Gasteiger partial charge >= 0.3 is 0 Å². The first-order valence-corrected chi connectivity index (χ1v) is 6.55. The van der Waals surface area contributed by atoms with Gasteiger partial charge in [-0.15, -0.1) is 0 Å². The fourth-order valence-corrected chi connectivity index (χ4v) is 1.79. The maximum absolute atomic E-state index is 12.1. The zero-order valence-electron chi connectivity index (χ0n) is 12.0. The van der Waals surface area contributed by atoms with Crippen LogP contribution >= 0.6 is 0 Å². The normalized spacial score (nSPS) is 11.5. The Labute approximate surface area is 123 Å². The molecule has 0 fully saturated rings. The fraction of sp³-hybridized carbons (Fsp3) is 0.188. The number of anilines is 2. The Balaban J connectivity index is 1.99. The lowest BCUT2D eigenvalue weighted by Gasteiger charge is -2.15. The van der Waals surface area contributed by atoms with Crippen LogP contribution in [0.15, 0.2) is 48.5 Å². The third kappa shape index (κ3) is 4.14. The molecule has 2 aromatic carbocycles. The van der Waals surface area contributed by atoms with Gasteiger partial charge in [-0.3, -0.25) is 4.79 Å². The van der Waals surface area contributed by atoms with E-state index in [1.54, 1.807) is 56.5 Å². The highest BCUT2D eigenvalue weighted by atomic mass is 16.5. The Hall–Kier alpha value is -2.69. The number of rotatable bonds is 5. The largest absolute Gasteiger partial charge is 0.497 e. The Bertz CT molecular complexity index is 628. The summed E-state index contributed by atoms with van der Waals surface area (Å²) >= 11 is 0. The Morgan fingerprint density at radius 1 is 1.14 bits per heavy atom. The fourth-order valence-electron chi connectivity index (χ4n) is 1.79. The van der Waals surface area contributed by atoms with Gasteiger partial charge in [0.05, 0.1) is 7.11 Å². The van der Waals surface area contributed by atoms with Crippen molar-refractivity contribution < 1.29 is 14.3 Å². The lowest BCUT2D eigenvalue weighted by molar-refractivity contribution is -0.122. The smallest absolute Gasteiger partial charge is 0.265 e. The molecular weight excluding hydrogens is 268 g/mol. The van der Waals surface area contributed by atoms with Crippen molar-refractivity contribution in [3.63, 3.8) is 0 Å². The molecule has 2 rings (SSSR count). The number of hydrogen-bond acceptors (Lipinski definition) is 4. The lowest BCUT2D eigenvalue weighted by Crippen LogP contribution is -2.30. The zero-order chi connectivity index (χ0) is 15.2. The standard InChI is InChI=1S/C16H18N2O3/c1-11(21-15-8-4-7-14(10-15)20-2)16(19)18-13-6-3-5-12(17)9-13/h3-11H,17H2,1-2H3,(H,18,19). The molecule has 0 saturated heterocycles. The van der Waals surface area contributed by atoms with E-state index in [9.17, 15) is 4.79 Å². The van der Waals surface area contributed by atoms with Crippen LogP contribution in [0.25, 0.3) is 0 Å². The second-order valence-electron chi connectivity index (χ2n) is 4.55. The molecular formula is C16H18N2O3. The van der Waals surface area contributed by atoms with Crippen molar-refractivity contribution in [2.45, 2.75) is 13.0 Å². The summed E-state index contributed by atoms with van der Waals surface area (Å²) in [6.07, 6.45) is -0.640. The Morgan fingerprint density at radius 2 is 1.86 bits per heavy atom. The summed E-state index contributed by atoms with van der Waals surface area (Å²) in [5.74, 6) is 1.00. The van der Waals surface area contributed by atoms with E-state index in [0.717, 1.165) is 0 Å². The molecule has 0 radical (unpaired) electrons. The average Bonchev–Trinajstić information content (AvgIpc) is 2.47. The van der Waals surface area contributed by atoms with E-state index in [1.165, 1.54) is 0 Å². The van der Waals surface area contributed by atoms with Crippen molar-refractivity contribution >= 4 is 17.3 Å². The van der Waals surface area contributed by atoms with Crippen molar-refractivity contribution in [1.82, 2.24) is 0 Å². The van der Waals surface area contributed by atoms with Gasteiger partial charge in [-0.1, -0.05) is 12.1 Å². The Morgan fingerprint density at radius 3 is 2.57 bits per heavy atom. The molecule has 0 aliphatic heterocycles. The van der Waals surface area contributed by atoms with Gasteiger partial charge in [-0.25, -0.2) is 0 Å². The van der Waals surface area contributed by atoms with Gasteiger partial charge in [0.15, 0.2) is 6.10 Å². The van der Waals surface area contributed by atoms with Crippen LogP contribution in [0.5, 0.6) is 11.5 Å². The quantitative estimate of drug-likeness (QED) is 0.829. The summed E-state index contributed by atoms with van der Waals surface area (Å²) in [7, 11) is 1.58. The van der Waals surface area contributed by atoms with E-state index in [1.807, 2.05) is 6.07 Å². The number of carbonyl (C=O) groups excluding carboxylic acids is 1. The second kappa shape index (κ2) is 6.65. The molecule has 0 aromatic heterocycles. The van der Waals surface area contributed by atoms with E-state index in [2.05, 4.69) is 5.32 Å². The maximum Gasteiger partial charge on any atom is 0.265 e. The van der Waals surface area contributed by atoms with E-state index < -0.39 is 6.10 Å². The second-order valence-corrected chi connectivity index (χ2v) is 4.55. The van der Waals surface area contributed by atoms with Gasteiger partial charge in [0, 0.05) is 17.4 Å². The van der Waals surface area contributed by atoms with Gasteiger partial charge in [0.2, 0.25) is 0 Å². The van der Waals surface area contributed by atoms with Gasteiger partial charge in [-0.2, -0.15) is 0 Å². The van der Waals surface area contributed by atoms with E-state index in [0.29, 0.717) is 22.9 Å². The van der Waals surface area contributed by atoms with Crippen LogP contribution in [0, 0.1) is 0 Å². The lowest BCUT2D eigenvalue weighted by atomic mass is 10.2. The van der Waals surface area contributed by atoms with Gasteiger partial charge in [0.1, 0.15) is 11.5 Å². The van der Waals surface area contributed by atoms with Crippen LogP contribution < -0.4 is 20.5 Å². The first-order chi connectivity index (χ1) is 10.1. The Kier molecular flexibility index (Phi) is 4.66. The summed E-state index contributed by atoms with van der Waals surface area (Å²) in [5.41, 5.74) is 6.90. The minimum Gasteiger partial charge on any atom is -0.497 e. The molecule has 0 aliphatic rings. The van der Waals surface area contributed by atoms with Crippen molar-refractivity contribution in [2.75, 3.05) is 18.2 Å². The number of amides is 1. The van der Waals surface area contributed by atoms with E-state index in [-0.39, 0.29) is 5.91 Å². The zero-order valence-corrected chi connectivity index (χ0v) is 12.0. The number of ether oxygens (including phenoxy) is 2. The van der Waals surface area contributed by atoms with Crippen molar-refractivity contribution in [3.8, 4) is 11.5 Å². The summed E-state index contributed by atoms with van der Waals surface area (Å²) in [6, 6.07) is 14.1. The molecule has 2 aromatic rings. The van der Waals surface area contributed by atoms with Gasteiger partial charge in [-0.05, 0) is 37.3 Å². The van der Waals surface area contributed by atoms with Crippen LogP contribution in [0.4, 0.5) is 11.4 Å². The number of nitrogens with one attached hydrogen (secondary N) is 1. The van der Waals surface area contributed by atoms with Crippen molar-refractivity contribution in [2.24, 2.45) is 0 Å². The van der Waals surface area contributed by atoms with Crippen LogP contribution in [-0.2, 0) is 4.79 Å². The van der Waals surface area contributed by atoms with Crippen LogP contribution in [0.1, 0.15) is 6.92 Å². The molecule has 1 amide bonds. The highest BCUT2D eigenvalue weighted by Crippen LogP contribution is 2.20. The first-order valence-electron chi connectivity index (χ1n) is 6.55. The van der Waals surface area contributed by atoms with Crippen LogP contribution in [-0.4, -0.2) is 19.1 Å². The highest BCUT2D eigenvalue weighted by molar-refractivity contribution is 5.94. The number of benzene rings is 2. The molecule has 1 unspecified atom stereocenters. The van der Waals surface area contributed by atoms with Crippen molar-refractivity contribution in [3.05, 3.63) is 48.5 Å². The molecule has 0 bridgehead atoms. The highest BCUT2D eigenvalue weighted by Gasteiger charge is 2.15. The van der Waals surface area contributed by atoms with Crippen molar-refractivity contribution in [1.29, 1.82) is 0 Å². The minimum atomic E-state index is -0.640. The molecule has 0 spiro atoms. The first kappa shape index (κ1) is 14.7. The average molecular weight is 286 g/mol. The third-order valence-electron chi connectivity index (χ3n) is 2.88. The number of methoxy groups -OCH3 is 1. The summed E-state index contributed by atoms with van der Waals surface area (Å²) in [5, 5.41) is 2.76. The molecule has 21 heavy (non-hydrogen) atoms. The molecule has 5 nitrogen and oxygen atoms in total. The maximum atomic E-state index is 12.1. The SMILES string of the molecule is COc1cccc(OC(C)C(=O)Nc2cccc(N)c2)c1. The number of nitrogen functional groups attached to an aromatic ring is 1. The number of hydrogen-bond donors (Lipinski definition) is 2. The van der Waals surface area contributed by atoms with E-state index >= 15 is 0 Å². The number of carbonyl (C=O) groups is 1. The molecule has 0 aliphatic carbocycles. The van der Waals surface area contributed by atoms with Crippen LogP contribution in [0.3, 0.4) is 0 Å². The van der Waals surface area contributed by atoms with E-state index in [4.69, 9.17) is 15.2 Å². The predicted octanol–water partition coefficient (Wildman–Crippen LogP) is 2.68.